The molecule has 1 spiro atoms. The van der Waals surface area contributed by atoms with Gasteiger partial charge in [-0.25, -0.2) is 14.9 Å². The summed E-state index contributed by atoms with van der Waals surface area (Å²) in [5.74, 6) is -1.50. The van der Waals surface area contributed by atoms with E-state index in [1.807, 2.05) is 91.0 Å². The number of benzene rings is 5. The monoisotopic (exact) mass is 816 g/mol. The number of halogens is 1. The number of para-hydroxylation sites is 4. The number of ketones is 1. The first-order valence-electron chi connectivity index (χ1n) is 18.7. The molecular formula is C45H33BrN6O5. The molecule has 0 saturated carbocycles. The Hall–Kier alpha value is -6.50. The molecule has 0 bridgehead atoms. The van der Waals surface area contributed by atoms with Gasteiger partial charge in [0.1, 0.15) is 17.1 Å². The van der Waals surface area contributed by atoms with Crippen LogP contribution in [0.5, 0.6) is 5.88 Å². The standard InChI is InChI=1S/C29H23BrN4O3.C16H10N2O2/c1-15(2)24-22-23(27(37)33(26(22)36)17-13-11-16(30)12-14-17)29(32-24)19-8-4-6-10-21(19)34-25(35)18-7-3-5-9-20(18)31-28(29)34;19-15-10-6-2-4-8-12(10)17-14(15)13-9-5-1-3-7-11(9)18-16(13)20/h3-15,22-24,32H,1-2H3;1-8,18,20H/t22-,23-,24?,29?;/m1./s1. The Kier molecular flexibility index (Phi) is 7.83. The van der Waals surface area contributed by atoms with Gasteiger partial charge in [-0.3, -0.25) is 29.1 Å². The number of fused-ring (bicyclic) bond motifs is 10. The number of carbonyl (C=O) groups excluding carboxylic acids is 3. The molecule has 2 aromatic heterocycles. The van der Waals surface area contributed by atoms with Crippen LogP contribution in [0.3, 0.4) is 0 Å². The maximum atomic E-state index is 14.3. The number of Topliss-reactive ketones (excluding diaryl/α,β-unsaturated/α-hetero) is 1. The minimum atomic E-state index is -1.11. The lowest BCUT2D eigenvalue weighted by Crippen LogP contribution is -2.51. The van der Waals surface area contributed by atoms with Gasteiger partial charge >= 0.3 is 0 Å². The SMILES string of the molecule is CC(C)C1NC2(c3ccccc3-n3c2nc2ccccc2c3=O)[C@H]2C(=O)N(c3ccc(Br)cc3)C(=O)[C@@H]12.O=C1C(c2c(O)[nH]c3ccccc23)=Nc2ccccc21. The summed E-state index contributed by atoms with van der Waals surface area (Å²) in [6.07, 6.45) is 0. The molecule has 57 heavy (non-hydrogen) atoms. The Morgan fingerprint density at radius 3 is 2.25 bits per heavy atom. The van der Waals surface area contributed by atoms with Crippen molar-refractivity contribution in [1.82, 2.24) is 19.9 Å². The molecule has 2 amide bonds. The van der Waals surface area contributed by atoms with Gasteiger partial charge in [-0.2, -0.15) is 0 Å². The fourth-order valence-electron chi connectivity index (χ4n) is 9.17. The van der Waals surface area contributed by atoms with Gasteiger partial charge < -0.3 is 10.1 Å². The number of anilines is 1. The molecule has 4 aliphatic heterocycles. The second-order valence-corrected chi connectivity index (χ2v) is 15.9. The number of aromatic amines is 1. The summed E-state index contributed by atoms with van der Waals surface area (Å²) in [6.45, 7) is 4.10. The fraction of sp³-hybridized carbons (Fsp3) is 0.156. The molecule has 11 nitrogen and oxygen atoms in total. The Bertz CT molecular complexity index is 2970. The molecule has 5 aromatic carbocycles. The normalized spacial score (nSPS) is 21.5. The lowest BCUT2D eigenvalue weighted by molar-refractivity contribution is -0.123. The minimum absolute atomic E-state index is 0.0221. The molecule has 2 fully saturated rings. The molecule has 2 saturated heterocycles. The summed E-state index contributed by atoms with van der Waals surface area (Å²) in [5, 5.41) is 15.1. The van der Waals surface area contributed by atoms with E-state index in [4.69, 9.17) is 4.98 Å². The minimum Gasteiger partial charge on any atom is -0.494 e. The van der Waals surface area contributed by atoms with Crippen molar-refractivity contribution >= 4 is 72.4 Å². The zero-order chi connectivity index (χ0) is 39.3. The van der Waals surface area contributed by atoms with Gasteiger partial charge in [0.2, 0.25) is 17.6 Å². The lowest BCUT2D eigenvalue weighted by atomic mass is 9.75. The highest BCUT2D eigenvalue weighted by Crippen LogP contribution is 2.56. The molecule has 280 valence electrons. The van der Waals surface area contributed by atoms with Crippen molar-refractivity contribution in [2.45, 2.75) is 25.4 Å². The second kappa shape index (κ2) is 12.8. The first kappa shape index (κ1) is 35.0. The van der Waals surface area contributed by atoms with Gasteiger partial charge in [0.25, 0.3) is 5.56 Å². The number of aromatic hydroxyl groups is 1. The summed E-state index contributed by atoms with van der Waals surface area (Å²) in [5.41, 5.74) is 4.08. The van der Waals surface area contributed by atoms with Crippen LogP contribution in [-0.2, 0) is 15.1 Å². The quantitative estimate of drug-likeness (QED) is 0.158. The van der Waals surface area contributed by atoms with Crippen LogP contribution in [0.1, 0.15) is 41.2 Å². The number of aromatic nitrogens is 3. The van der Waals surface area contributed by atoms with E-state index >= 15 is 0 Å². The third-order valence-electron chi connectivity index (χ3n) is 11.6. The van der Waals surface area contributed by atoms with Crippen LogP contribution in [0.15, 0.2) is 136 Å². The van der Waals surface area contributed by atoms with Crippen molar-refractivity contribution in [1.29, 1.82) is 0 Å². The Morgan fingerprint density at radius 2 is 1.47 bits per heavy atom. The molecular weight excluding hydrogens is 784 g/mol. The van der Waals surface area contributed by atoms with Gasteiger partial charge in [-0.05, 0) is 66.6 Å². The van der Waals surface area contributed by atoms with Gasteiger partial charge in [0, 0.05) is 32.5 Å². The second-order valence-electron chi connectivity index (χ2n) is 15.0. The van der Waals surface area contributed by atoms with Gasteiger partial charge in [0.05, 0.1) is 45.4 Å². The van der Waals surface area contributed by atoms with Crippen molar-refractivity contribution in [2.75, 3.05) is 4.90 Å². The average molecular weight is 818 g/mol. The number of H-pyrrole nitrogens is 1. The maximum absolute atomic E-state index is 14.3. The zero-order valence-electron chi connectivity index (χ0n) is 30.6. The largest absolute Gasteiger partial charge is 0.494 e. The Morgan fingerprint density at radius 1 is 0.789 bits per heavy atom. The predicted octanol–water partition coefficient (Wildman–Crippen LogP) is 7.33. The van der Waals surface area contributed by atoms with E-state index < -0.39 is 17.4 Å². The molecule has 12 heteroatoms. The summed E-state index contributed by atoms with van der Waals surface area (Å²) < 4.78 is 2.49. The van der Waals surface area contributed by atoms with Crippen LogP contribution in [0.4, 0.5) is 11.4 Å². The predicted molar refractivity (Wildman–Crippen MR) is 220 cm³/mol. The first-order chi connectivity index (χ1) is 27.6. The van der Waals surface area contributed by atoms with Crippen molar-refractivity contribution in [2.24, 2.45) is 22.7 Å². The average Bonchev–Trinajstić information content (AvgIpc) is 3.98. The van der Waals surface area contributed by atoms with Crippen LogP contribution in [0.25, 0.3) is 27.5 Å². The lowest BCUT2D eigenvalue weighted by Gasteiger charge is -2.32. The maximum Gasteiger partial charge on any atom is 0.266 e. The molecule has 4 aliphatic rings. The molecule has 3 N–H and O–H groups in total. The van der Waals surface area contributed by atoms with Gasteiger partial charge in [-0.1, -0.05) is 90.4 Å². The third kappa shape index (κ3) is 4.93. The number of imide groups is 1. The van der Waals surface area contributed by atoms with Crippen LogP contribution in [-0.4, -0.2) is 49.0 Å². The van der Waals surface area contributed by atoms with Crippen molar-refractivity contribution in [3.8, 4) is 11.6 Å². The summed E-state index contributed by atoms with van der Waals surface area (Å²) in [7, 11) is 0. The molecule has 0 aliphatic carbocycles. The van der Waals surface area contributed by atoms with Gasteiger partial charge in [-0.15, -0.1) is 0 Å². The molecule has 2 unspecified atom stereocenters. The number of nitrogens with zero attached hydrogens (tertiary/aromatic N) is 4. The Labute approximate surface area is 333 Å². The van der Waals surface area contributed by atoms with E-state index in [0.717, 1.165) is 20.9 Å². The van der Waals surface area contributed by atoms with Gasteiger partial charge in [0.15, 0.2) is 5.88 Å². The zero-order valence-corrected chi connectivity index (χ0v) is 32.2. The summed E-state index contributed by atoms with van der Waals surface area (Å²) in [4.78, 5) is 68.2. The van der Waals surface area contributed by atoms with Crippen LogP contribution in [0.2, 0.25) is 0 Å². The van der Waals surface area contributed by atoms with E-state index in [1.54, 1.807) is 34.9 Å². The number of rotatable bonds is 3. The van der Waals surface area contributed by atoms with Crippen LogP contribution < -0.4 is 15.8 Å². The highest BCUT2D eigenvalue weighted by molar-refractivity contribution is 9.10. The summed E-state index contributed by atoms with van der Waals surface area (Å²) >= 11 is 3.43. The van der Waals surface area contributed by atoms with Crippen molar-refractivity contribution in [3.63, 3.8) is 0 Å². The van der Waals surface area contributed by atoms with E-state index in [0.29, 0.717) is 50.6 Å². The number of carbonyl (C=O) groups is 3. The van der Waals surface area contributed by atoms with E-state index in [9.17, 15) is 24.3 Å². The number of aliphatic imine (C=N–C) groups is 1. The van der Waals surface area contributed by atoms with E-state index in [-0.39, 0.29) is 41.0 Å². The number of amides is 2. The van der Waals surface area contributed by atoms with E-state index in [1.165, 1.54) is 4.90 Å². The fourth-order valence-corrected chi connectivity index (χ4v) is 9.43. The van der Waals surface area contributed by atoms with Crippen molar-refractivity contribution < 1.29 is 19.5 Å². The molecule has 0 radical (unpaired) electrons. The van der Waals surface area contributed by atoms with Crippen LogP contribution >= 0.6 is 15.9 Å². The molecule has 6 heterocycles. The molecule has 11 rings (SSSR count). The summed E-state index contributed by atoms with van der Waals surface area (Å²) in [6, 6.07) is 36.4. The van der Waals surface area contributed by atoms with Crippen molar-refractivity contribution in [3.05, 3.63) is 159 Å². The third-order valence-corrected chi connectivity index (χ3v) is 12.1. The Balaban J connectivity index is 0.000000166. The molecule has 4 atom stereocenters. The van der Waals surface area contributed by atoms with Crippen LogP contribution in [0, 0.1) is 17.8 Å². The number of nitrogens with one attached hydrogen (secondary N) is 2. The number of hydrogen-bond acceptors (Lipinski definition) is 8. The highest BCUT2D eigenvalue weighted by Gasteiger charge is 2.70. The van der Waals surface area contributed by atoms with E-state index in [2.05, 4.69) is 45.1 Å². The number of hydrogen-bond donors (Lipinski definition) is 3. The first-order valence-corrected chi connectivity index (χ1v) is 19.4. The molecule has 7 aromatic rings. The highest BCUT2D eigenvalue weighted by atomic mass is 79.9. The topological polar surface area (TPSA) is 150 Å². The smallest absolute Gasteiger partial charge is 0.266 e.